The van der Waals surface area contributed by atoms with Gasteiger partial charge in [0.25, 0.3) is 0 Å². The van der Waals surface area contributed by atoms with Crippen LogP contribution in [0.3, 0.4) is 0 Å². The Labute approximate surface area is 82.2 Å². The molecule has 0 unspecified atom stereocenters. The summed E-state index contributed by atoms with van der Waals surface area (Å²) in [5.41, 5.74) is 0. The van der Waals surface area contributed by atoms with Crippen LogP contribution in [0.1, 0.15) is 13.8 Å². The lowest BCUT2D eigenvalue weighted by atomic mass is 10.2. The molecule has 0 aliphatic rings. The average molecular weight is 205 g/mol. The predicted octanol–water partition coefficient (Wildman–Crippen LogP) is 2.89. The van der Waals surface area contributed by atoms with Crippen LogP contribution in [-0.4, -0.2) is 18.6 Å². The van der Waals surface area contributed by atoms with Gasteiger partial charge in [0.05, 0.1) is 6.20 Å². The normalized spacial score (nSPS) is 10.8. The molecule has 12 heavy (non-hydrogen) atoms. The zero-order valence-electron chi connectivity index (χ0n) is 7.54. The molecule has 0 saturated heterocycles. The molecule has 0 spiro atoms. The topological polar surface area (TPSA) is 16.1 Å². The van der Waals surface area contributed by atoms with Crippen LogP contribution in [0.25, 0.3) is 0 Å². The summed E-state index contributed by atoms with van der Waals surface area (Å²) >= 11 is 7.29. The van der Waals surface area contributed by atoms with Gasteiger partial charge in [0, 0.05) is 13.6 Å². The van der Waals surface area contributed by atoms with Crippen LogP contribution in [0.4, 0.5) is 5.13 Å². The van der Waals surface area contributed by atoms with Crippen molar-refractivity contribution < 1.29 is 0 Å². The highest BCUT2D eigenvalue weighted by Crippen LogP contribution is 2.25. The first-order valence-corrected chi connectivity index (χ1v) is 5.11. The summed E-state index contributed by atoms with van der Waals surface area (Å²) in [5.74, 6) is 0.651. The molecule has 4 heteroatoms. The molecule has 0 aromatic carbocycles. The molecule has 0 amide bonds. The molecular weight excluding hydrogens is 192 g/mol. The third kappa shape index (κ3) is 2.64. The minimum atomic E-state index is 0.651. The van der Waals surface area contributed by atoms with Crippen molar-refractivity contribution in [2.75, 3.05) is 18.5 Å². The number of rotatable bonds is 3. The zero-order chi connectivity index (χ0) is 9.14. The molecule has 1 aromatic rings. The number of anilines is 1. The summed E-state index contributed by atoms with van der Waals surface area (Å²) in [7, 11) is 2.04. The van der Waals surface area contributed by atoms with Gasteiger partial charge in [-0.1, -0.05) is 36.8 Å². The van der Waals surface area contributed by atoms with Crippen LogP contribution < -0.4 is 4.90 Å². The minimum absolute atomic E-state index is 0.651. The largest absolute Gasteiger partial charge is 0.351 e. The predicted molar refractivity (Wildman–Crippen MR) is 55.2 cm³/mol. The lowest BCUT2D eigenvalue weighted by Crippen LogP contribution is -2.22. The van der Waals surface area contributed by atoms with E-state index < -0.39 is 0 Å². The molecule has 1 aromatic heterocycles. The molecule has 0 N–H and O–H groups in total. The summed E-state index contributed by atoms with van der Waals surface area (Å²) in [6, 6.07) is 0. The number of aromatic nitrogens is 1. The maximum Gasteiger partial charge on any atom is 0.186 e. The fourth-order valence-corrected chi connectivity index (χ4v) is 1.92. The maximum absolute atomic E-state index is 5.77. The minimum Gasteiger partial charge on any atom is -0.351 e. The van der Waals surface area contributed by atoms with E-state index in [1.165, 1.54) is 11.3 Å². The molecule has 2 nitrogen and oxygen atoms in total. The lowest BCUT2D eigenvalue weighted by molar-refractivity contribution is 0.637. The Morgan fingerprint density at radius 1 is 1.67 bits per heavy atom. The van der Waals surface area contributed by atoms with E-state index >= 15 is 0 Å². The van der Waals surface area contributed by atoms with Gasteiger partial charge in [-0.25, -0.2) is 4.98 Å². The fraction of sp³-hybridized carbons (Fsp3) is 0.625. The summed E-state index contributed by atoms with van der Waals surface area (Å²) in [6.07, 6.45) is 1.69. The quantitative estimate of drug-likeness (QED) is 0.753. The third-order valence-electron chi connectivity index (χ3n) is 1.43. The summed E-state index contributed by atoms with van der Waals surface area (Å²) < 4.78 is 0.751. The van der Waals surface area contributed by atoms with Crippen LogP contribution in [0, 0.1) is 5.92 Å². The van der Waals surface area contributed by atoms with Gasteiger partial charge < -0.3 is 4.90 Å². The molecule has 1 heterocycles. The second-order valence-electron chi connectivity index (χ2n) is 3.22. The van der Waals surface area contributed by atoms with E-state index in [1.54, 1.807) is 6.20 Å². The van der Waals surface area contributed by atoms with Gasteiger partial charge in [-0.05, 0) is 5.92 Å². The molecule has 0 aliphatic carbocycles. The van der Waals surface area contributed by atoms with Crippen molar-refractivity contribution in [1.29, 1.82) is 0 Å². The van der Waals surface area contributed by atoms with Crippen molar-refractivity contribution >= 4 is 28.1 Å². The fourth-order valence-electron chi connectivity index (χ4n) is 1.05. The van der Waals surface area contributed by atoms with Gasteiger partial charge in [0.2, 0.25) is 0 Å². The number of hydrogen-bond donors (Lipinski definition) is 0. The number of halogens is 1. The Kier molecular flexibility index (Phi) is 3.35. The van der Waals surface area contributed by atoms with Crippen molar-refractivity contribution in [2.45, 2.75) is 13.8 Å². The molecule has 0 aliphatic heterocycles. The highest BCUT2D eigenvalue weighted by Gasteiger charge is 2.06. The first-order valence-electron chi connectivity index (χ1n) is 3.92. The molecule has 0 saturated carbocycles. The van der Waals surface area contributed by atoms with E-state index in [0.717, 1.165) is 16.0 Å². The van der Waals surface area contributed by atoms with E-state index in [4.69, 9.17) is 11.6 Å². The second-order valence-corrected chi connectivity index (χ2v) is 4.86. The molecule has 0 fully saturated rings. The van der Waals surface area contributed by atoms with E-state index in [1.807, 2.05) is 7.05 Å². The first-order chi connectivity index (χ1) is 5.59. The Hall–Kier alpha value is -0.280. The smallest absolute Gasteiger partial charge is 0.186 e. The summed E-state index contributed by atoms with van der Waals surface area (Å²) in [5, 5.41) is 0.994. The summed E-state index contributed by atoms with van der Waals surface area (Å²) in [6.45, 7) is 5.39. The van der Waals surface area contributed by atoms with Crippen molar-refractivity contribution in [1.82, 2.24) is 4.98 Å². The van der Waals surface area contributed by atoms with Crippen molar-refractivity contribution in [2.24, 2.45) is 5.92 Å². The van der Waals surface area contributed by atoms with Crippen LogP contribution in [0.2, 0.25) is 4.34 Å². The van der Waals surface area contributed by atoms with Gasteiger partial charge >= 0.3 is 0 Å². The van der Waals surface area contributed by atoms with Gasteiger partial charge in [-0.2, -0.15) is 0 Å². The van der Waals surface area contributed by atoms with E-state index in [0.29, 0.717) is 5.92 Å². The van der Waals surface area contributed by atoms with E-state index in [2.05, 4.69) is 23.7 Å². The average Bonchev–Trinajstić information content (AvgIpc) is 2.34. The molecule has 1 rings (SSSR count). The van der Waals surface area contributed by atoms with Crippen molar-refractivity contribution in [3.63, 3.8) is 0 Å². The van der Waals surface area contributed by atoms with Crippen molar-refractivity contribution in [3.8, 4) is 0 Å². The Morgan fingerprint density at radius 3 is 2.75 bits per heavy atom. The van der Waals surface area contributed by atoms with Crippen molar-refractivity contribution in [3.05, 3.63) is 10.5 Å². The van der Waals surface area contributed by atoms with Crippen LogP contribution in [0.15, 0.2) is 6.20 Å². The van der Waals surface area contributed by atoms with Crippen LogP contribution in [0.5, 0.6) is 0 Å². The number of hydrogen-bond acceptors (Lipinski definition) is 3. The molecule has 0 bridgehead atoms. The van der Waals surface area contributed by atoms with Gasteiger partial charge in [0.15, 0.2) is 5.13 Å². The first kappa shape index (κ1) is 9.81. The van der Waals surface area contributed by atoms with E-state index in [-0.39, 0.29) is 0 Å². The van der Waals surface area contributed by atoms with Crippen LogP contribution >= 0.6 is 22.9 Å². The van der Waals surface area contributed by atoms with E-state index in [9.17, 15) is 0 Å². The standard InChI is InChI=1S/C8H13ClN2S/c1-6(2)5-11(3)8-10-4-7(9)12-8/h4,6H,5H2,1-3H3. The number of thiazole rings is 1. The second kappa shape index (κ2) is 4.10. The van der Waals surface area contributed by atoms with Gasteiger partial charge in [-0.15, -0.1) is 0 Å². The van der Waals surface area contributed by atoms with Gasteiger partial charge in [-0.3, -0.25) is 0 Å². The lowest BCUT2D eigenvalue weighted by Gasteiger charge is -2.17. The monoisotopic (exact) mass is 204 g/mol. The highest BCUT2D eigenvalue weighted by molar-refractivity contribution is 7.19. The van der Waals surface area contributed by atoms with Crippen LogP contribution in [-0.2, 0) is 0 Å². The maximum atomic E-state index is 5.77. The highest BCUT2D eigenvalue weighted by atomic mass is 35.5. The SMILES string of the molecule is CC(C)CN(C)c1ncc(Cl)s1. The molecular formula is C8H13ClN2S. The van der Waals surface area contributed by atoms with Gasteiger partial charge in [0.1, 0.15) is 4.34 Å². The summed E-state index contributed by atoms with van der Waals surface area (Å²) in [4.78, 5) is 6.31. The molecule has 0 atom stereocenters. The number of nitrogens with zero attached hydrogens (tertiary/aromatic N) is 2. The molecule has 0 radical (unpaired) electrons. The molecule has 68 valence electrons. The Morgan fingerprint density at radius 2 is 2.33 bits per heavy atom. The third-order valence-corrected chi connectivity index (χ3v) is 2.66. The Balaban J connectivity index is 2.58. The zero-order valence-corrected chi connectivity index (χ0v) is 9.11. The Bertz CT molecular complexity index is 247.